The van der Waals surface area contributed by atoms with Gasteiger partial charge in [0.15, 0.2) is 31.5 Å². The molecule has 0 aromatic rings. The molecular formula is C27H46O20. The van der Waals surface area contributed by atoms with E-state index in [1.54, 1.807) is 6.92 Å². The first kappa shape index (κ1) is 37.5. The molecular weight excluding hydrogens is 644 g/mol. The van der Waals surface area contributed by atoms with E-state index < -0.39 is 149 Å². The zero-order valence-corrected chi connectivity index (χ0v) is 25.6. The number of ether oxygens (including phenoxy) is 10. The van der Waals surface area contributed by atoms with Crippen LogP contribution in [0.5, 0.6) is 0 Å². The molecule has 5 saturated heterocycles. The SMILES string of the molecule is CO[C@@H]1O[C@@H](CO[C@@H]2O[C@@H](CO[C@@H]3O[C@@H](CO)C(O)[C@@H]3O[C@@H]3O[C@@H](CO)C(O)[C@@H]3O)C(O[C@@H]3O[C@@H](CO)C(C)C3O)[C@@H]2O)C(O)[C@@H]1O. The standard InChI is InChI=1S/C27H46O20/c1-8-9(3-28)41-25(14(8)31)46-21-13(45-24(20(21)37)39-6-12-16(33)18(35)23(38-2)44-12)7-40-27-22(17(34)11(5-30)43-27)47-26-19(36)15(32)10(4-29)42-26/h8-37H,3-7H2,1-2H3/t8?,9-,10-,11-,12-,13-,14?,15?,16?,17?,18-,19-,20-,21?,22-,23+,24+,25-,26-,27+/m0/s1. The highest BCUT2D eigenvalue weighted by Gasteiger charge is 2.54. The van der Waals surface area contributed by atoms with Crippen LogP contribution in [-0.2, 0) is 47.4 Å². The second-order valence-corrected chi connectivity index (χ2v) is 12.2. The van der Waals surface area contributed by atoms with Gasteiger partial charge in [0.2, 0.25) is 0 Å². The number of methoxy groups -OCH3 is 1. The van der Waals surface area contributed by atoms with E-state index in [1.807, 2.05) is 0 Å². The van der Waals surface area contributed by atoms with Crippen LogP contribution in [0.4, 0.5) is 0 Å². The topological polar surface area (TPSA) is 295 Å². The Morgan fingerprint density at radius 3 is 1.51 bits per heavy atom. The lowest BCUT2D eigenvalue weighted by Crippen LogP contribution is -2.45. The maximum atomic E-state index is 11.2. The van der Waals surface area contributed by atoms with Crippen molar-refractivity contribution >= 4 is 0 Å². The minimum absolute atomic E-state index is 0.358. The predicted octanol–water partition coefficient (Wildman–Crippen LogP) is -6.80. The molecule has 10 N–H and O–H groups in total. The average Bonchev–Trinajstić information content (AvgIpc) is 3.79. The van der Waals surface area contributed by atoms with Crippen molar-refractivity contribution in [1.29, 1.82) is 0 Å². The van der Waals surface area contributed by atoms with E-state index in [1.165, 1.54) is 7.11 Å². The molecule has 0 radical (unpaired) electrons. The summed E-state index contributed by atoms with van der Waals surface area (Å²) < 4.78 is 56.0. The Hall–Kier alpha value is -0.800. The third-order valence-corrected chi connectivity index (χ3v) is 9.14. The Bertz CT molecular complexity index is 981. The van der Waals surface area contributed by atoms with Gasteiger partial charge in [-0.3, -0.25) is 0 Å². The molecule has 47 heavy (non-hydrogen) atoms. The van der Waals surface area contributed by atoms with Crippen LogP contribution in [0, 0.1) is 5.92 Å². The van der Waals surface area contributed by atoms with Crippen molar-refractivity contribution in [3.63, 3.8) is 0 Å². The van der Waals surface area contributed by atoms with Crippen LogP contribution in [0.15, 0.2) is 0 Å². The molecule has 0 saturated carbocycles. The number of hydrogen-bond acceptors (Lipinski definition) is 20. The van der Waals surface area contributed by atoms with Gasteiger partial charge in [-0.15, -0.1) is 0 Å². The first-order valence-electron chi connectivity index (χ1n) is 15.4. The molecule has 5 aliphatic rings. The van der Waals surface area contributed by atoms with Crippen molar-refractivity contribution in [3.8, 4) is 0 Å². The number of rotatable bonds is 14. The summed E-state index contributed by atoms with van der Waals surface area (Å²) in [5.41, 5.74) is 0. The van der Waals surface area contributed by atoms with Crippen LogP contribution in [0.25, 0.3) is 0 Å². The Labute approximate surface area is 268 Å². The molecule has 20 heteroatoms. The van der Waals surface area contributed by atoms with Gasteiger partial charge in [0.25, 0.3) is 0 Å². The fraction of sp³-hybridized carbons (Fsp3) is 1.00. The highest BCUT2D eigenvalue weighted by molar-refractivity contribution is 4.95. The molecule has 0 amide bonds. The lowest BCUT2D eigenvalue weighted by atomic mass is 10.0. The molecule has 5 aliphatic heterocycles. The lowest BCUT2D eigenvalue weighted by molar-refractivity contribution is -0.258. The van der Waals surface area contributed by atoms with E-state index >= 15 is 0 Å². The molecule has 20 nitrogen and oxygen atoms in total. The lowest BCUT2D eigenvalue weighted by Gasteiger charge is -2.28. The van der Waals surface area contributed by atoms with Crippen molar-refractivity contribution in [2.24, 2.45) is 5.92 Å². The molecule has 0 aliphatic carbocycles. The zero-order valence-electron chi connectivity index (χ0n) is 25.6. The van der Waals surface area contributed by atoms with Gasteiger partial charge in [-0.05, 0) is 0 Å². The summed E-state index contributed by atoms with van der Waals surface area (Å²) in [6.45, 7) is -0.826. The van der Waals surface area contributed by atoms with E-state index in [0.717, 1.165) is 0 Å². The summed E-state index contributed by atoms with van der Waals surface area (Å²) in [5.74, 6) is -0.522. The smallest absolute Gasteiger partial charge is 0.187 e. The van der Waals surface area contributed by atoms with Gasteiger partial charge in [0.1, 0.15) is 79.4 Å². The van der Waals surface area contributed by atoms with Crippen molar-refractivity contribution in [2.45, 2.75) is 124 Å². The quantitative estimate of drug-likeness (QED) is 0.0810. The van der Waals surface area contributed by atoms with Crippen LogP contribution in [0.2, 0.25) is 0 Å². The summed E-state index contributed by atoms with van der Waals surface area (Å²) in [4.78, 5) is 0. The molecule has 0 spiro atoms. The largest absolute Gasteiger partial charge is 0.394 e. The molecule has 6 unspecified atom stereocenters. The first-order chi connectivity index (χ1) is 22.4. The minimum atomic E-state index is -1.59. The monoisotopic (exact) mass is 690 g/mol. The van der Waals surface area contributed by atoms with Crippen molar-refractivity contribution in [1.82, 2.24) is 0 Å². The Morgan fingerprint density at radius 2 is 0.915 bits per heavy atom. The van der Waals surface area contributed by atoms with Gasteiger partial charge >= 0.3 is 0 Å². The molecule has 0 bridgehead atoms. The molecule has 5 fully saturated rings. The average molecular weight is 691 g/mol. The van der Waals surface area contributed by atoms with E-state index in [0.29, 0.717) is 0 Å². The number of aliphatic hydroxyl groups excluding tert-OH is 10. The summed E-state index contributed by atoms with van der Waals surface area (Å²) >= 11 is 0. The van der Waals surface area contributed by atoms with E-state index in [-0.39, 0.29) is 6.61 Å². The van der Waals surface area contributed by atoms with Crippen LogP contribution in [-0.4, -0.2) is 208 Å². The minimum Gasteiger partial charge on any atom is -0.394 e. The second-order valence-electron chi connectivity index (χ2n) is 12.2. The van der Waals surface area contributed by atoms with Crippen molar-refractivity contribution in [3.05, 3.63) is 0 Å². The summed E-state index contributed by atoms with van der Waals surface area (Å²) in [7, 11) is 1.28. The third kappa shape index (κ3) is 7.62. The van der Waals surface area contributed by atoms with Gasteiger partial charge < -0.3 is 98.4 Å². The predicted molar refractivity (Wildman–Crippen MR) is 144 cm³/mol. The molecule has 20 atom stereocenters. The maximum Gasteiger partial charge on any atom is 0.187 e. The third-order valence-electron chi connectivity index (χ3n) is 9.14. The van der Waals surface area contributed by atoms with Crippen molar-refractivity contribution < 1.29 is 98.4 Å². The Balaban J connectivity index is 1.27. The van der Waals surface area contributed by atoms with Gasteiger partial charge in [-0.2, -0.15) is 0 Å². The van der Waals surface area contributed by atoms with Crippen LogP contribution in [0.1, 0.15) is 6.92 Å². The van der Waals surface area contributed by atoms with Gasteiger partial charge in [0.05, 0.1) is 39.1 Å². The fourth-order valence-electron chi connectivity index (χ4n) is 6.16. The maximum absolute atomic E-state index is 11.2. The highest BCUT2D eigenvalue weighted by atomic mass is 16.8. The number of hydrogen-bond donors (Lipinski definition) is 10. The summed E-state index contributed by atoms with van der Waals surface area (Å²) in [6, 6.07) is 0. The van der Waals surface area contributed by atoms with E-state index in [9.17, 15) is 51.1 Å². The fourth-order valence-corrected chi connectivity index (χ4v) is 6.16. The van der Waals surface area contributed by atoms with Gasteiger partial charge in [-0.1, -0.05) is 6.92 Å². The highest BCUT2D eigenvalue weighted by Crippen LogP contribution is 2.35. The van der Waals surface area contributed by atoms with Crippen molar-refractivity contribution in [2.75, 3.05) is 40.1 Å². The van der Waals surface area contributed by atoms with Gasteiger partial charge in [-0.25, -0.2) is 0 Å². The molecule has 5 heterocycles. The Kier molecular flexibility index (Phi) is 12.8. The Morgan fingerprint density at radius 1 is 0.447 bits per heavy atom. The van der Waals surface area contributed by atoms with E-state index in [4.69, 9.17) is 47.4 Å². The van der Waals surface area contributed by atoms with Crippen LogP contribution >= 0.6 is 0 Å². The van der Waals surface area contributed by atoms with Crippen LogP contribution in [0.3, 0.4) is 0 Å². The summed E-state index contributed by atoms with van der Waals surface area (Å²) in [6.07, 6.45) is -24.8. The zero-order chi connectivity index (χ0) is 34.2. The molecule has 0 aromatic heterocycles. The molecule has 5 rings (SSSR count). The van der Waals surface area contributed by atoms with E-state index in [2.05, 4.69) is 0 Å². The van der Waals surface area contributed by atoms with Crippen LogP contribution < -0.4 is 0 Å². The second kappa shape index (κ2) is 16.0. The molecule has 0 aromatic carbocycles. The molecule has 274 valence electrons. The summed E-state index contributed by atoms with van der Waals surface area (Å²) in [5, 5.41) is 102. The van der Waals surface area contributed by atoms with Gasteiger partial charge in [0, 0.05) is 13.0 Å². The first-order valence-corrected chi connectivity index (χ1v) is 15.4. The normalized spacial score (nSPS) is 51.8. The number of aliphatic hydroxyl groups is 10.